The third-order valence-electron chi connectivity index (χ3n) is 2.76. The van der Waals surface area contributed by atoms with Gasteiger partial charge in [-0.3, -0.25) is 0 Å². The summed E-state index contributed by atoms with van der Waals surface area (Å²) < 4.78 is 10.7. The molecular formula is C13H11BNO3. The van der Waals surface area contributed by atoms with Gasteiger partial charge in [0.15, 0.2) is 6.29 Å². The van der Waals surface area contributed by atoms with Crippen LogP contribution in [0.15, 0.2) is 42.5 Å². The topological polar surface area (TPSA) is 64.7 Å². The number of hydrogen-bond acceptors (Lipinski definition) is 4. The van der Waals surface area contributed by atoms with E-state index in [9.17, 15) is 5.11 Å². The highest BCUT2D eigenvalue weighted by Gasteiger charge is 2.22. The highest BCUT2D eigenvalue weighted by molar-refractivity contribution is 6.49. The van der Waals surface area contributed by atoms with E-state index in [4.69, 9.17) is 15.1 Å². The molecule has 1 radical (unpaired) electrons. The maximum absolute atomic E-state index is 9.48. The van der Waals surface area contributed by atoms with Crippen molar-refractivity contribution in [1.82, 2.24) is 0 Å². The first-order chi connectivity index (χ1) is 8.72. The van der Waals surface area contributed by atoms with Crippen molar-refractivity contribution in [1.29, 1.82) is 0 Å². The van der Waals surface area contributed by atoms with Crippen LogP contribution in [0.4, 0.5) is 5.69 Å². The summed E-state index contributed by atoms with van der Waals surface area (Å²) in [5.74, 6) is 1.40. The predicted molar refractivity (Wildman–Crippen MR) is 68.8 cm³/mol. The third-order valence-corrected chi connectivity index (χ3v) is 2.76. The first-order valence-corrected chi connectivity index (χ1v) is 5.56. The molecule has 3 rings (SSSR count). The standard InChI is InChI=1S/C13H11BNO3/c15-8-1-3-9(4-2-8)17-10-5-6-11-12(7-10)14-18-13(11)16/h1-7,13,16H,15H2. The molecule has 4 nitrogen and oxygen atoms in total. The third kappa shape index (κ3) is 2.06. The number of nitrogens with two attached hydrogens (primary N) is 1. The number of aliphatic hydroxyl groups is 1. The van der Waals surface area contributed by atoms with Crippen molar-refractivity contribution < 1.29 is 14.5 Å². The SMILES string of the molecule is Nc1ccc(Oc2ccc3c(c2)[B]OC3O)cc1. The molecule has 0 aromatic heterocycles. The Labute approximate surface area is 105 Å². The molecule has 0 aliphatic carbocycles. The van der Waals surface area contributed by atoms with Crippen LogP contribution in [-0.2, 0) is 4.65 Å². The Morgan fingerprint density at radius 3 is 2.61 bits per heavy atom. The van der Waals surface area contributed by atoms with Gasteiger partial charge in [-0.15, -0.1) is 0 Å². The van der Waals surface area contributed by atoms with Crippen LogP contribution in [0.25, 0.3) is 0 Å². The van der Waals surface area contributed by atoms with Crippen LogP contribution < -0.4 is 15.9 Å². The first-order valence-electron chi connectivity index (χ1n) is 5.56. The maximum Gasteiger partial charge on any atom is 0.334 e. The van der Waals surface area contributed by atoms with Gasteiger partial charge >= 0.3 is 7.48 Å². The Morgan fingerprint density at radius 2 is 1.83 bits per heavy atom. The highest BCUT2D eigenvalue weighted by atomic mass is 16.6. The Hall–Kier alpha value is -1.98. The van der Waals surface area contributed by atoms with Crippen molar-refractivity contribution in [2.45, 2.75) is 6.29 Å². The van der Waals surface area contributed by atoms with E-state index in [2.05, 4.69) is 0 Å². The van der Waals surface area contributed by atoms with Gasteiger partial charge in [-0.2, -0.15) is 0 Å². The molecule has 1 atom stereocenters. The van der Waals surface area contributed by atoms with Gasteiger partial charge < -0.3 is 20.2 Å². The largest absolute Gasteiger partial charge is 0.457 e. The summed E-state index contributed by atoms with van der Waals surface area (Å²) in [6, 6.07) is 12.6. The van der Waals surface area contributed by atoms with Crippen LogP contribution in [-0.4, -0.2) is 12.6 Å². The number of rotatable bonds is 2. The molecule has 89 valence electrons. The lowest BCUT2D eigenvalue weighted by Gasteiger charge is -2.08. The summed E-state index contributed by atoms with van der Waals surface area (Å²) in [6.07, 6.45) is -0.870. The normalized spacial score (nSPS) is 17.1. The van der Waals surface area contributed by atoms with Crippen LogP contribution >= 0.6 is 0 Å². The van der Waals surface area contributed by atoms with Gasteiger partial charge in [-0.05, 0) is 41.9 Å². The van der Waals surface area contributed by atoms with Gasteiger partial charge in [0.25, 0.3) is 0 Å². The number of benzene rings is 2. The zero-order valence-corrected chi connectivity index (χ0v) is 9.54. The summed E-state index contributed by atoms with van der Waals surface area (Å²) >= 11 is 0. The molecule has 18 heavy (non-hydrogen) atoms. The van der Waals surface area contributed by atoms with Crippen LogP contribution in [0.3, 0.4) is 0 Å². The molecule has 1 aliphatic heterocycles. The van der Waals surface area contributed by atoms with Gasteiger partial charge in [0.05, 0.1) is 0 Å². The van der Waals surface area contributed by atoms with Crippen LogP contribution in [0.1, 0.15) is 11.9 Å². The fourth-order valence-electron chi connectivity index (χ4n) is 1.83. The molecule has 0 saturated heterocycles. The van der Waals surface area contributed by atoms with Gasteiger partial charge in [-0.25, -0.2) is 0 Å². The molecule has 2 aromatic rings. The molecule has 2 aromatic carbocycles. The van der Waals surface area contributed by atoms with E-state index in [0.717, 1.165) is 11.0 Å². The molecule has 0 bridgehead atoms. The highest BCUT2D eigenvalue weighted by Crippen LogP contribution is 2.25. The van der Waals surface area contributed by atoms with E-state index >= 15 is 0 Å². The van der Waals surface area contributed by atoms with E-state index in [-0.39, 0.29) is 0 Å². The monoisotopic (exact) mass is 240 g/mol. The second kappa shape index (κ2) is 4.36. The average Bonchev–Trinajstić information content (AvgIpc) is 2.74. The lowest BCUT2D eigenvalue weighted by atomic mass is 9.87. The summed E-state index contributed by atoms with van der Waals surface area (Å²) in [7, 11) is 1.52. The molecule has 1 aliphatic rings. The molecule has 5 heteroatoms. The zero-order valence-electron chi connectivity index (χ0n) is 9.54. The molecule has 0 fully saturated rings. The van der Waals surface area contributed by atoms with Gasteiger partial charge in [-0.1, -0.05) is 6.07 Å². The first kappa shape index (κ1) is 11.1. The summed E-state index contributed by atoms with van der Waals surface area (Å²) in [5.41, 5.74) is 7.88. The second-order valence-electron chi connectivity index (χ2n) is 4.07. The summed E-state index contributed by atoms with van der Waals surface area (Å²) in [6.45, 7) is 0. The molecule has 0 spiro atoms. The van der Waals surface area contributed by atoms with E-state index < -0.39 is 6.29 Å². The summed E-state index contributed by atoms with van der Waals surface area (Å²) in [5, 5.41) is 9.48. The number of hydrogen-bond donors (Lipinski definition) is 2. The van der Waals surface area contributed by atoms with Crippen LogP contribution in [0.2, 0.25) is 0 Å². The van der Waals surface area contributed by atoms with E-state index in [1.54, 1.807) is 36.4 Å². The van der Waals surface area contributed by atoms with Crippen molar-refractivity contribution in [3.05, 3.63) is 48.0 Å². The molecular weight excluding hydrogens is 229 g/mol. The number of ether oxygens (including phenoxy) is 1. The quantitative estimate of drug-likeness (QED) is 0.613. The summed E-state index contributed by atoms with van der Waals surface area (Å²) in [4.78, 5) is 0. The van der Waals surface area contributed by atoms with E-state index in [1.807, 2.05) is 6.07 Å². The number of fused-ring (bicyclic) bond motifs is 1. The van der Waals surface area contributed by atoms with Crippen molar-refractivity contribution >= 4 is 18.6 Å². The fraction of sp³-hybridized carbons (Fsp3) is 0.0769. The Morgan fingerprint density at radius 1 is 1.11 bits per heavy atom. The lowest BCUT2D eigenvalue weighted by molar-refractivity contribution is -0.00794. The van der Waals surface area contributed by atoms with Crippen molar-refractivity contribution in [3.8, 4) is 11.5 Å². The Bertz CT molecular complexity index is 571. The average molecular weight is 240 g/mol. The van der Waals surface area contributed by atoms with Crippen molar-refractivity contribution in [3.63, 3.8) is 0 Å². The van der Waals surface area contributed by atoms with E-state index in [0.29, 0.717) is 17.2 Å². The Balaban J connectivity index is 1.84. The molecule has 0 saturated carbocycles. The van der Waals surface area contributed by atoms with Crippen LogP contribution in [0.5, 0.6) is 11.5 Å². The van der Waals surface area contributed by atoms with Crippen LogP contribution in [0, 0.1) is 0 Å². The van der Waals surface area contributed by atoms with E-state index in [1.165, 1.54) is 7.48 Å². The minimum absolute atomic E-state index is 0.687. The van der Waals surface area contributed by atoms with Crippen molar-refractivity contribution in [2.24, 2.45) is 0 Å². The second-order valence-corrected chi connectivity index (χ2v) is 4.07. The van der Waals surface area contributed by atoms with Gasteiger partial charge in [0, 0.05) is 11.3 Å². The van der Waals surface area contributed by atoms with Crippen molar-refractivity contribution in [2.75, 3.05) is 5.73 Å². The maximum atomic E-state index is 9.48. The van der Waals surface area contributed by atoms with Gasteiger partial charge in [0.2, 0.25) is 0 Å². The molecule has 1 unspecified atom stereocenters. The predicted octanol–water partition coefficient (Wildman–Crippen LogP) is 1.33. The molecule has 3 N–H and O–H groups in total. The zero-order chi connectivity index (χ0) is 12.5. The van der Waals surface area contributed by atoms with Gasteiger partial charge in [0.1, 0.15) is 11.5 Å². The number of aliphatic hydroxyl groups excluding tert-OH is 1. The Kier molecular flexibility index (Phi) is 2.70. The minimum atomic E-state index is -0.870. The number of nitrogen functional groups attached to an aromatic ring is 1. The molecule has 1 heterocycles. The fourth-order valence-corrected chi connectivity index (χ4v) is 1.83. The molecule has 0 amide bonds. The smallest absolute Gasteiger partial charge is 0.334 e. The number of anilines is 1. The lowest BCUT2D eigenvalue weighted by Crippen LogP contribution is -2.11. The minimum Gasteiger partial charge on any atom is -0.457 e.